The molecule has 6 nitrogen and oxygen atoms in total. The molecule has 0 spiro atoms. The zero-order chi connectivity index (χ0) is 21.7. The second-order valence-electron chi connectivity index (χ2n) is 7.21. The van der Waals surface area contributed by atoms with Gasteiger partial charge in [0.2, 0.25) is 0 Å². The van der Waals surface area contributed by atoms with Crippen LogP contribution in [0.3, 0.4) is 0 Å². The predicted octanol–water partition coefficient (Wildman–Crippen LogP) is 3.72. The highest BCUT2D eigenvalue weighted by molar-refractivity contribution is 7.91. The fraction of sp³-hybridized carbons (Fsp3) is 0.350. The summed E-state index contributed by atoms with van der Waals surface area (Å²) in [5.74, 6) is 0.0532. The summed E-state index contributed by atoms with van der Waals surface area (Å²) in [5, 5.41) is 0. The quantitative estimate of drug-likeness (QED) is 0.680. The molecular weight excluding hydrogens is 421 g/mol. The number of fused-ring (bicyclic) bond motifs is 1. The van der Waals surface area contributed by atoms with Crippen LogP contribution in [0.2, 0.25) is 0 Å². The van der Waals surface area contributed by atoms with E-state index in [0.717, 1.165) is 12.1 Å². The van der Waals surface area contributed by atoms with Gasteiger partial charge in [-0.15, -0.1) is 0 Å². The second kappa shape index (κ2) is 7.19. The van der Waals surface area contributed by atoms with Gasteiger partial charge in [0, 0.05) is 11.4 Å². The minimum atomic E-state index is -4.57. The summed E-state index contributed by atoms with van der Waals surface area (Å²) >= 11 is 0. The monoisotopic (exact) mass is 440 g/mol. The van der Waals surface area contributed by atoms with E-state index >= 15 is 0 Å². The maximum absolute atomic E-state index is 13.2. The Morgan fingerprint density at radius 1 is 1.00 bits per heavy atom. The molecule has 160 valence electrons. The first-order valence-electron chi connectivity index (χ1n) is 9.34. The fourth-order valence-electron chi connectivity index (χ4n) is 4.01. The van der Waals surface area contributed by atoms with Crippen LogP contribution in [0.25, 0.3) is 0 Å². The third kappa shape index (κ3) is 3.60. The van der Waals surface area contributed by atoms with Crippen molar-refractivity contribution in [1.29, 1.82) is 0 Å². The minimum absolute atomic E-state index is 0.0235. The van der Waals surface area contributed by atoms with E-state index in [0.29, 0.717) is 18.0 Å². The average Bonchev–Trinajstić information content (AvgIpc) is 3.10. The summed E-state index contributed by atoms with van der Waals surface area (Å²) in [7, 11) is -3.45. The van der Waals surface area contributed by atoms with Crippen molar-refractivity contribution in [2.45, 2.75) is 25.2 Å². The fourth-order valence-corrected chi connectivity index (χ4v) is 5.93. The Labute approximate surface area is 171 Å². The number of hydrogen-bond donors (Lipinski definition) is 0. The Bertz CT molecular complexity index is 1070. The third-order valence-corrected chi connectivity index (χ3v) is 6.95. The number of urea groups is 1. The maximum Gasteiger partial charge on any atom is 0.416 e. The van der Waals surface area contributed by atoms with E-state index in [9.17, 15) is 26.4 Å². The van der Waals surface area contributed by atoms with Crippen LogP contribution in [0.5, 0.6) is 5.75 Å². The number of carbonyl (C=O) groups excluding carboxylic acids is 1. The molecule has 0 bridgehead atoms. The van der Waals surface area contributed by atoms with E-state index in [2.05, 4.69) is 0 Å². The SMILES string of the molecule is CCOc1ccc(N2C(=O)N(c3cccc(C(F)(F)F)c3)[C@H]3CS(=O)(=O)C[C@@H]32)cc1. The summed E-state index contributed by atoms with van der Waals surface area (Å²) in [6.45, 7) is 2.30. The predicted molar refractivity (Wildman–Crippen MR) is 106 cm³/mol. The summed E-state index contributed by atoms with van der Waals surface area (Å²) in [6, 6.07) is 8.99. The lowest BCUT2D eigenvalue weighted by Gasteiger charge is -2.23. The van der Waals surface area contributed by atoms with E-state index in [1.54, 1.807) is 24.3 Å². The summed E-state index contributed by atoms with van der Waals surface area (Å²) in [6.07, 6.45) is -4.57. The van der Waals surface area contributed by atoms with Gasteiger partial charge < -0.3 is 4.74 Å². The highest BCUT2D eigenvalue weighted by Gasteiger charge is 2.54. The molecule has 0 radical (unpaired) electrons. The van der Waals surface area contributed by atoms with Crippen LogP contribution in [0, 0.1) is 0 Å². The van der Waals surface area contributed by atoms with Crippen molar-refractivity contribution in [3.63, 3.8) is 0 Å². The molecule has 0 saturated carbocycles. The first kappa shape index (κ1) is 20.5. The Hall–Kier alpha value is -2.75. The molecule has 30 heavy (non-hydrogen) atoms. The molecular formula is C20H19F3N2O4S. The highest BCUT2D eigenvalue weighted by Crippen LogP contribution is 2.40. The van der Waals surface area contributed by atoms with E-state index in [-0.39, 0.29) is 17.2 Å². The Morgan fingerprint density at radius 2 is 1.60 bits per heavy atom. The largest absolute Gasteiger partial charge is 0.494 e. The molecule has 0 unspecified atom stereocenters. The van der Waals surface area contributed by atoms with Crippen molar-refractivity contribution in [3.8, 4) is 5.75 Å². The van der Waals surface area contributed by atoms with E-state index in [1.165, 1.54) is 21.9 Å². The molecule has 2 aromatic carbocycles. The van der Waals surface area contributed by atoms with Crippen molar-refractivity contribution >= 4 is 27.2 Å². The van der Waals surface area contributed by atoms with Crippen LogP contribution >= 0.6 is 0 Å². The molecule has 2 aliphatic rings. The molecule has 2 aliphatic heterocycles. The number of amides is 2. The molecule has 0 N–H and O–H groups in total. The van der Waals surface area contributed by atoms with Gasteiger partial charge in [0.1, 0.15) is 5.75 Å². The van der Waals surface area contributed by atoms with Gasteiger partial charge in [-0.05, 0) is 49.4 Å². The van der Waals surface area contributed by atoms with Gasteiger partial charge in [0.05, 0.1) is 35.8 Å². The number of alkyl halides is 3. The standard InChI is InChI=1S/C20H19F3N2O4S/c1-2-29-16-8-6-14(7-9-16)24-17-11-30(27,28)12-18(17)25(19(24)26)15-5-3-4-13(10-15)20(21,22)23/h3-10,17-18H,2,11-12H2,1H3/t17-,18-/m0/s1. The molecule has 2 aromatic rings. The van der Waals surface area contributed by atoms with E-state index < -0.39 is 39.7 Å². The molecule has 0 aromatic heterocycles. The van der Waals surface area contributed by atoms with Gasteiger partial charge in [-0.3, -0.25) is 9.80 Å². The number of hydrogen-bond acceptors (Lipinski definition) is 4. The number of carbonyl (C=O) groups is 1. The number of nitrogens with zero attached hydrogens (tertiary/aromatic N) is 2. The number of anilines is 2. The highest BCUT2D eigenvalue weighted by atomic mass is 32.2. The smallest absolute Gasteiger partial charge is 0.416 e. The van der Waals surface area contributed by atoms with Gasteiger partial charge in [0.15, 0.2) is 9.84 Å². The summed E-state index contributed by atoms with van der Waals surface area (Å²) in [4.78, 5) is 15.8. The number of sulfone groups is 1. The Balaban J connectivity index is 1.75. The second-order valence-corrected chi connectivity index (χ2v) is 9.36. The van der Waals surface area contributed by atoms with Crippen LogP contribution in [0.1, 0.15) is 12.5 Å². The lowest BCUT2D eigenvalue weighted by atomic mass is 10.1. The van der Waals surface area contributed by atoms with Crippen LogP contribution in [0.4, 0.5) is 29.3 Å². The lowest BCUT2D eigenvalue weighted by molar-refractivity contribution is -0.137. The van der Waals surface area contributed by atoms with Gasteiger partial charge >= 0.3 is 12.2 Å². The van der Waals surface area contributed by atoms with Crippen molar-refractivity contribution < 1.29 is 31.1 Å². The molecule has 2 heterocycles. The van der Waals surface area contributed by atoms with Crippen LogP contribution < -0.4 is 14.5 Å². The summed E-state index contributed by atoms with van der Waals surface area (Å²) < 4.78 is 69.5. The van der Waals surface area contributed by atoms with Crippen molar-refractivity contribution in [3.05, 3.63) is 54.1 Å². The van der Waals surface area contributed by atoms with Gasteiger partial charge in [-0.25, -0.2) is 13.2 Å². The normalized spacial score (nSPS) is 23.0. The number of benzene rings is 2. The Kier molecular flexibility index (Phi) is 4.92. The van der Waals surface area contributed by atoms with Crippen molar-refractivity contribution in [1.82, 2.24) is 0 Å². The molecule has 2 saturated heterocycles. The van der Waals surface area contributed by atoms with Crippen molar-refractivity contribution in [2.24, 2.45) is 0 Å². The first-order chi connectivity index (χ1) is 14.1. The Morgan fingerprint density at radius 3 is 2.17 bits per heavy atom. The number of halogens is 3. The number of rotatable bonds is 4. The van der Waals surface area contributed by atoms with Crippen LogP contribution in [0.15, 0.2) is 48.5 Å². The third-order valence-electron chi connectivity index (χ3n) is 5.25. The molecule has 2 fully saturated rings. The molecule has 0 aliphatic carbocycles. The maximum atomic E-state index is 13.2. The van der Waals surface area contributed by atoms with E-state index in [1.807, 2.05) is 6.92 Å². The molecule has 2 atom stereocenters. The molecule has 2 amide bonds. The van der Waals surface area contributed by atoms with Crippen LogP contribution in [-0.2, 0) is 16.0 Å². The first-order valence-corrected chi connectivity index (χ1v) is 11.2. The zero-order valence-electron chi connectivity index (χ0n) is 16.0. The summed E-state index contributed by atoms with van der Waals surface area (Å²) in [5.41, 5.74) is -0.412. The number of ether oxygens (including phenoxy) is 1. The van der Waals surface area contributed by atoms with Gasteiger partial charge in [-0.2, -0.15) is 13.2 Å². The average molecular weight is 440 g/mol. The topological polar surface area (TPSA) is 66.9 Å². The lowest BCUT2D eigenvalue weighted by Crippen LogP contribution is -2.38. The zero-order valence-corrected chi connectivity index (χ0v) is 16.8. The van der Waals surface area contributed by atoms with Crippen molar-refractivity contribution in [2.75, 3.05) is 27.9 Å². The van der Waals surface area contributed by atoms with Gasteiger partial charge in [-0.1, -0.05) is 6.07 Å². The minimum Gasteiger partial charge on any atom is -0.494 e. The van der Waals surface area contributed by atoms with E-state index in [4.69, 9.17) is 4.74 Å². The van der Waals surface area contributed by atoms with Crippen LogP contribution in [-0.4, -0.2) is 44.6 Å². The van der Waals surface area contributed by atoms with Gasteiger partial charge in [0.25, 0.3) is 0 Å². The molecule has 10 heteroatoms. The molecule has 4 rings (SSSR count).